The molecule has 2 N–H and O–H groups in total. The molecule has 20 heavy (non-hydrogen) atoms. The molecule has 0 bridgehead atoms. The van der Waals surface area contributed by atoms with Gasteiger partial charge in [-0.1, -0.05) is 12.1 Å². The molecule has 0 spiro atoms. The SMILES string of the molecule is CNc1ncc(Br)c(Oc2ccccc2NC(C)=O)n1. The van der Waals surface area contributed by atoms with E-state index in [1.807, 2.05) is 12.1 Å². The summed E-state index contributed by atoms with van der Waals surface area (Å²) in [4.78, 5) is 19.4. The van der Waals surface area contributed by atoms with Gasteiger partial charge in [0.15, 0.2) is 5.75 Å². The van der Waals surface area contributed by atoms with Gasteiger partial charge in [0.1, 0.15) is 0 Å². The topological polar surface area (TPSA) is 76.1 Å². The molecule has 1 heterocycles. The maximum absolute atomic E-state index is 11.2. The minimum atomic E-state index is -0.168. The first-order valence-electron chi connectivity index (χ1n) is 5.85. The molecule has 0 radical (unpaired) electrons. The van der Waals surface area contributed by atoms with Crippen molar-refractivity contribution in [1.82, 2.24) is 9.97 Å². The van der Waals surface area contributed by atoms with Crippen LogP contribution >= 0.6 is 15.9 Å². The van der Waals surface area contributed by atoms with Crippen molar-refractivity contribution in [3.8, 4) is 11.6 Å². The fourth-order valence-electron chi connectivity index (χ4n) is 1.50. The highest BCUT2D eigenvalue weighted by molar-refractivity contribution is 9.10. The van der Waals surface area contributed by atoms with Crippen LogP contribution in [0.25, 0.3) is 0 Å². The normalized spacial score (nSPS) is 9.95. The van der Waals surface area contributed by atoms with Crippen LogP contribution in [-0.4, -0.2) is 22.9 Å². The van der Waals surface area contributed by atoms with Crippen LogP contribution in [0.3, 0.4) is 0 Å². The van der Waals surface area contributed by atoms with Crippen LogP contribution in [0.5, 0.6) is 11.6 Å². The van der Waals surface area contributed by atoms with Gasteiger partial charge in [0.2, 0.25) is 17.7 Å². The number of halogens is 1. The van der Waals surface area contributed by atoms with Gasteiger partial charge >= 0.3 is 0 Å². The number of ether oxygens (including phenoxy) is 1. The van der Waals surface area contributed by atoms with Crippen molar-refractivity contribution in [2.45, 2.75) is 6.92 Å². The average molecular weight is 337 g/mol. The van der Waals surface area contributed by atoms with E-state index < -0.39 is 0 Å². The van der Waals surface area contributed by atoms with Crippen LogP contribution in [0.15, 0.2) is 34.9 Å². The molecule has 0 aliphatic carbocycles. The molecule has 0 unspecified atom stereocenters. The summed E-state index contributed by atoms with van der Waals surface area (Å²) in [6.07, 6.45) is 1.59. The van der Waals surface area contributed by atoms with Gasteiger partial charge in [0.05, 0.1) is 16.4 Å². The Bertz CT molecular complexity index is 634. The molecule has 6 nitrogen and oxygen atoms in total. The lowest BCUT2D eigenvalue weighted by Gasteiger charge is -2.12. The highest BCUT2D eigenvalue weighted by Gasteiger charge is 2.10. The van der Waals surface area contributed by atoms with E-state index in [9.17, 15) is 4.79 Å². The van der Waals surface area contributed by atoms with Crippen molar-refractivity contribution in [2.75, 3.05) is 17.7 Å². The Morgan fingerprint density at radius 1 is 1.35 bits per heavy atom. The van der Waals surface area contributed by atoms with Crippen molar-refractivity contribution >= 4 is 33.5 Å². The zero-order chi connectivity index (χ0) is 14.5. The van der Waals surface area contributed by atoms with Gasteiger partial charge in [-0.3, -0.25) is 4.79 Å². The van der Waals surface area contributed by atoms with Gasteiger partial charge in [-0.25, -0.2) is 4.98 Å². The maximum Gasteiger partial charge on any atom is 0.238 e. The fraction of sp³-hybridized carbons (Fsp3) is 0.154. The third kappa shape index (κ3) is 3.45. The monoisotopic (exact) mass is 336 g/mol. The van der Waals surface area contributed by atoms with Gasteiger partial charge < -0.3 is 15.4 Å². The first-order valence-corrected chi connectivity index (χ1v) is 6.64. The fourth-order valence-corrected chi connectivity index (χ4v) is 1.77. The van der Waals surface area contributed by atoms with Crippen LogP contribution in [-0.2, 0) is 4.79 Å². The summed E-state index contributed by atoms with van der Waals surface area (Å²) in [6.45, 7) is 1.44. The predicted octanol–water partition coefficient (Wildman–Crippen LogP) is 3.03. The third-order valence-electron chi connectivity index (χ3n) is 2.34. The molecule has 0 saturated heterocycles. The van der Waals surface area contributed by atoms with E-state index in [1.54, 1.807) is 25.4 Å². The van der Waals surface area contributed by atoms with Crippen molar-refractivity contribution < 1.29 is 9.53 Å². The Labute approximate surface area is 124 Å². The molecule has 0 aliphatic heterocycles. The van der Waals surface area contributed by atoms with Crippen LogP contribution < -0.4 is 15.4 Å². The standard InChI is InChI=1S/C13H13BrN4O2/c1-8(19)17-10-5-3-4-6-11(10)20-12-9(14)7-16-13(15-2)18-12/h3-7H,1-2H3,(H,17,19)(H,15,16,18). The number of nitrogens with zero attached hydrogens (tertiary/aromatic N) is 2. The van der Waals surface area contributed by atoms with Crippen LogP contribution in [0.4, 0.5) is 11.6 Å². The quantitative estimate of drug-likeness (QED) is 0.897. The van der Waals surface area contributed by atoms with E-state index in [0.29, 0.717) is 27.7 Å². The molecular formula is C13H13BrN4O2. The molecule has 2 aromatic rings. The molecule has 0 saturated carbocycles. The van der Waals surface area contributed by atoms with E-state index in [0.717, 1.165) is 0 Å². The molecule has 2 rings (SSSR count). The lowest BCUT2D eigenvalue weighted by molar-refractivity contribution is -0.114. The Morgan fingerprint density at radius 2 is 2.10 bits per heavy atom. The lowest BCUT2D eigenvalue weighted by atomic mass is 10.3. The van der Waals surface area contributed by atoms with Crippen molar-refractivity contribution in [2.24, 2.45) is 0 Å². The molecule has 1 aromatic heterocycles. The highest BCUT2D eigenvalue weighted by atomic mass is 79.9. The van der Waals surface area contributed by atoms with Gasteiger partial charge in [0.25, 0.3) is 0 Å². The highest BCUT2D eigenvalue weighted by Crippen LogP contribution is 2.32. The summed E-state index contributed by atoms with van der Waals surface area (Å²) in [5.41, 5.74) is 0.580. The second kappa shape index (κ2) is 6.33. The van der Waals surface area contributed by atoms with Gasteiger partial charge in [-0.15, -0.1) is 0 Å². The number of nitrogens with one attached hydrogen (secondary N) is 2. The Kier molecular flexibility index (Phi) is 4.52. The number of para-hydroxylation sites is 2. The number of carbonyl (C=O) groups is 1. The van der Waals surface area contributed by atoms with E-state index in [-0.39, 0.29) is 5.91 Å². The molecule has 7 heteroatoms. The number of rotatable bonds is 4. The van der Waals surface area contributed by atoms with E-state index in [2.05, 4.69) is 36.5 Å². The number of aromatic nitrogens is 2. The number of anilines is 2. The minimum Gasteiger partial charge on any atom is -0.435 e. The first kappa shape index (κ1) is 14.3. The summed E-state index contributed by atoms with van der Waals surface area (Å²) in [5.74, 6) is 1.14. The second-order valence-electron chi connectivity index (χ2n) is 3.88. The molecule has 1 aromatic carbocycles. The third-order valence-corrected chi connectivity index (χ3v) is 2.88. The van der Waals surface area contributed by atoms with Crippen LogP contribution in [0.2, 0.25) is 0 Å². The van der Waals surface area contributed by atoms with Crippen molar-refractivity contribution in [3.63, 3.8) is 0 Å². The molecule has 104 valence electrons. The lowest BCUT2D eigenvalue weighted by Crippen LogP contribution is -2.07. The van der Waals surface area contributed by atoms with Gasteiger partial charge in [0, 0.05) is 14.0 Å². The van der Waals surface area contributed by atoms with Crippen LogP contribution in [0.1, 0.15) is 6.92 Å². The van der Waals surface area contributed by atoms with E-state index in [4.69, 9.17) is 4.74 Å². The summed E-state index contributed by atoms with van der Waals surface area (Å²) >= 11 is 3.33. The average Bonchev–Trinajstić information content (AvgIpc) is 2.43. The second-order valence-corrected chi connectivity index (χ2v) is 4.73. The van der Waals surface area contributed by atoms with E-state index >= 15 is 0 Å². The number of benzene rings is 1. The molecule has 0 fully saturated rings. The number of hydrogen-bond donors (Lipinski definition) is 2. The molecule has 1 amide bonds. The van der Waals surface area contributed by atoms with E-state index in [1.165, 1.54) is 6.92 Å². The summed E-state index contributed by atoms with van der Waals surface area (Å²) in [7, 11) is 1.72. The zero-order valence-electron chi connectivity index (χ0n) is 11.0. The number of carbonyl (C=O) groups excluding carboxylic acids is 1. The summed E-state index contributed by atoms with van der Waals surface area (Å²) < 4.78 is 6.35. The Balaban J connectivity index is 2.32. The van der Waals surface area contributed by atoms with Gasteiger partial charge in [-0.2, -0.15) is 4.98 Å². The first-order chi connectivity index (χ1) is 9.60. The summed E-state index contributed by atoms with van der Waals surface area (Å²) in [6, 6.07) is 7.13. The number of amides is 1. The Morgan fingerprint density at radius 3 is 2.80 bits per heavy atom. The molecular weight excluding hydrogens is 324 g/mol. The largest absolute Gasteiger partial charge is 0.435 e. The molecule has 0 atom stereocenters. The van der Waals surface area contributed by atoms with Crippen molar-refractivity contribution in [3.05, 3.63) is 34.9 Å². The predicted molar refractivity (Wildman–Crippen MR) is 80.1 cm³/mol. The smallest absolute Gasteiger partial charge is 0.238 e. The molecule has 0 aliphatic rings. The van der Waals surface area contributed by atoms with Crippen molar-refractivity contribution in [1.29, 1.82) is 0 Å². The maximum atomic E-state index is 11.2. The van der Waals surface area contributed by atoms with Gasteiger partial charge in [-0.05, 0) is 28.1 Å². The summed E-state index contributed by atoms with van der Waals surface area (Å²) in [5, 5.41) is 5.54. The van der Waals surface area contributed by atoms with Crippen LogP contribution in [0, 0.1) is 0 Å². The number of hydrogen-bond acceptors (Lipinski definition) is 5. The zero-order valence-corrected chi connectivity index (χ0v) is 12.6. The Hall–Kier alpha value is -2.15. The minimum absolute atomic E-state index is 0.168.